The summed E-state index contributed by atoms with van der Waals surface area (Å²) >= 11 is 5.98. The van der Waals surface area contributed by atoms with Crippen molar-refractivity contribution in [1.82, 2.24) is 4.72 Å². The molecule has 3 rings (SSSR count). The average Bonchev–Trinajstić information content (AvgIpc) is 3.00. The molecule has 1 aliphatic rings. The fraction of sp³-hybridized carbons (Fsp3) is 0.176. The van der Waals surface area contributed by atoms with Crippen molar-refractivity contribution in [2.45, 2.75) is 17.4 Å². The number of halogens is 1. The molecule has 0 bridgehead atoms. The van der Waals surface area contributed by atoms with Crippen molar-refractivity contribution in [3.63, 3.8) is 0 Å². The van der Waals surface area contributed by atoms with Gasteiger partial charge in [-0.3, -0.25) is 9.59 Å². The van der Waals surface area contributed by atoms with E-state index in [2.05, 4.69) is 10.0 Å². The first-order chi connectivity index (χ1) is 12.4. The Balaban J connectivity index is 1.71. The zero-order valence-corrected chi connectivity index (χ0v) is 15.0. The molecular formula is C17H15ClN2O5S. The first kappa shape index (κ1) is 18.4. The van der Waals surface area contributed by atoms with Gasteiger partial charge in [0.05, 0.1) is 22.1 Å². The largest absolute Gasteiger partial charge is 0.464 e. The predicted octanol–water partition coefficient (Wildman–Crippen LogP) is 2.19. The highest BCUT2D eigenvalue weighted by molar-refractivity contribution is 7.89. The van der Waals surface area contributed by atoms with Crippen molar-refractivity contribution < 1.29 is 22.7 Å². The molecule has 2 aromatic rings. The number of carbonyl (C=O) groups is 2. The molecule has 1 aliphatic heterocycles. The van der Waals surface area contributed by atoms with Crippen LogP contribution in [-0.2, 0) is 19.6 Å². The van der Waals surface area contributed by atoms with Crippen molar-refractivity contribution in [2.75, 3.05) is 11.9 Å². The number of esters is 1. The third-order valence-corrected chi connectivity index (χ3v) is 5.59. The van der Waals surface area contributed by atoms with Gasteiger partial charge in [-0.05, 0) is 36.4 Å². The van der Waals surface area contributed by atoms with Crippen molar-refractivity contribution >= 4 is 39.2 Å². The van der Waals surface area contributed by atoms with E-state index < -0.39 is 27.9 Å². The van der Waals surface area contributed by atoms with Crippen LogP contribution in [0.15, 0.2) is 53.4 Å². The van der Waals surface area contributed by atoms with Crippen LogP contribution < -0.4 is 10.0 Å². The summed E-state index contributed by atoms with van der Waals surface area (Å²) in [7, 11) is -3.87. The minimum Gasteiger partial charge on any atom is -0.464 e. The number of hydrogen-bond donors (Lipinski definition) is 2. The van der Waals surface area contributed by atoms with E-state index in [1.165, 1.54) is 24.3 Å². The van der Waals surface area contributed by atoms with Gasteiger partial charge in [-0.15, -0.1) is 0 Å². The fourth-order valence-corrected chi connectivity index (χ4v) is 3.86. The molecule has 1 amide bonds. The second kappa shape index (κ2) is 7.45. The molecule has 0 aliphatic carbocycles. The summed E-state index contributed by atoms with van der Waals surface area (Å²) in [6, 6.07) is 11.3. The Morgan fingerprint density at radius 1 is 1.12 bits per heavy atom. The molecular weight excluding hydrogens is 380 g/mol. The predicted molar refractivity (Wildman–Crippen MR) is 95.5 cm³/mol. The zero-order chi connectivity index (χ0) is 18.7. The molecule has 0 saturated carbocycles. The number of cyclic esters (lactones) is 1. The molecule has 1 saturated heterocycles. The van der Waals surface area contributed by atoms with Crippen LogP contribution in [0.4, 0.5) is 5.69 Å². The number of sulfonamides is 1. The number of anilines is 1. The number of ether oxygens (including phenoxy) is 1. The molecule has 1 heterocycles. The van der Waals surface area contributed by atoms with Crippen LogP contribution in [0.1, 0.15) is 16.8 Å². The van der Waals surface area contributed by atoms with Gasteiger partial charge in [0.25, 0.3) is 5.91 Å². The highest BCUT2D eigenvalue weighted by atomic mass is 35.5. The first-order valence-electron chi connectivity index (χ1n) is 7.72. The Morgan fingerprint density at radius 2 is 1.81 bits per heavy atom. The van der Waals surface area contributed by atoms with E-state index in [4.69, 9.17) is 16.3 Å². The van der Waals surface area contributed by atoms with Gasteiger partial charge in [0.2, 0.25) is 10.0 Å². The van der Waals surface area contributed by atoms with E-state index in [-0.39, 0.29) is 11.5 Å². The number of amides is 1. The first-order valence-corrected chi connectivity index (χ1v) is 9.58. The molecule has 0 radical (unpaired) electrons. The Kier molecular flexibility index (Phi) is 5.26. The van der Waals surface area contributed by atoms with Crippen molar-refractivity contribution in [2.24, 2.45) is 0 Å². The molecule has 136 valence electrons. The van der Waals surface area contributed by atoms with Crippen LogP contribution in [0.5, 0.6) is 0 Å². The molecule has 7 nitrogen and oxygen atoms in total. The van der Waals surface area contributed by atoms with Crippen molar-refractivity contribution in [3.8, 4) is 0 Å². The average molecular weight is 395 g/mol. The van der Waals surface area contributed by atoms with Crippen LogP contribution in [0.25, 0.3) is 0 Å². The monoisotopic (exact) mass is 394 g/mol. The molecule has 0 spiro atoms. The van der Waals surface area contributed by atoms with E-state index in [1.54, 1.807) is 24.3 Å². The van der Waals surface area contributed by atoms with Crippen molar-refractivity contribution in [1.29, 1.82) is 0 Å². The SMILES string of the molecule is O=C(Nc1ccc(S(=O)(=O)N[C@H]2CCOC2=O)cc1)c1ccccc1Cl. The summed E-state index contributed by atoms with van der Waals surface area (Å²) in [5.74, 6) is -0.991. The van der Waals surface area contributed by atoms with Gasteiger partial charge in [0, 0.05) is 12.1 Å². The van der Waals surface area contributed by atoms with Crippen LogP contribution in [0, 0.1) is 0 Å². The summed E-state index contributed by atoms with van der Waals surface area (Å²) in [6.45, 7) is 0.193. The molecule has 2 aromatic carbocycles. The Labute approximate surface area is 155 Å². The highest BCUT2D eigenvalue weighted by Gasteiger charge is 2.31. The lowest BCUT2D eigenvalue weighted by Crippen LogP contribution is -2.37. The number of carbonyl (C=O) groups excluding carboxylic acids is 2. The van der Waals surface area contributed by atoms with Crippen LogP contribution >= 0.6 is 11.6 Å². The van der Waals surface area contributed by atoms with Crippen LogP contribution in [-0.4, -0.2) is 32.9 Å². The van der Waals surface area contributed by atoms with Gasteiger partial charge in [-0.2, -0.15) is 4.72 Å². The molecule has 2 N–H and O–H groups in total. The zero-order valence-electron chi connectivity index (χ0n) is 13.4. The minimum absolute atomic E-state index is 0.0204. The lowest BCUT2D eigenvalue weighted by molar-refractivity contribution is -0.139. The Hall–Kier alpha value is -2.42. The number of rotatable bonds is 5. The van der Waals surface area contributed by atoms with Gasteiger partial charge in [-0.25, -0.2) is 8.42 Å². The normalized spacial score (nSPS) is 17.0. The summed E-state index contributed by atoms with van der Waals surface area (Å²) in [5, 5.41) is 2.96. The van der Waals surface area contributed by atoms with E-state index in [9.17, 15) is 18.0 Å². The quantitative estimate of drug-likeness (QED) is 0.757. The maximum atomic E-state index is 12.3. The number of hydrogen-bond acceptors (Lipinski definition) is 5. The van der Waals surface area contributed by atoms with E-state index >= 15 is 0 Å². The maximum absolute atomic E-state index is 12.3. The summed E-state index contributed by atoms with van der Waals surface area (Å²) in [5.41, 5.74) is 0.724. The fourth-order valence-electron chi connectivity index (χ4n) is 2.42. The third kappa shape index (κ3) is 4.04. The highest BCUT2D eigenvalue weighted by Crippen LogP contribution is 2.19. The van der Waals surface area contributed by atoms with Gasteiger partial charge in [0.15, 0.2) is 0 Å². The Morgan fingerprint density at radius 3 is 2.42 bits per heavy atom. The Bertz CT molecular complexity index is 944. The van der Waals surface area contributed by atoms with Gasteiger partial charge in [-0.1, -0.05) is 23.7 Å². The van der Waals surface area contributed by atoms with E-state index in [0.717, 1.165) is 0 Å². The standard InChI is InChI=1S/C17H15ClN2O5S/c18-14-4-2-1-3-13(14)16(21)19-11-5-7-12(8-6-11)26(23,24)20-15-9-10-25-17(15)22/h1-8,15,20H,9-10H2,(H,19,21)/t15-/m0/s1. The van der Waals surface area contributed by atoms with Crippen molar-refractivity contribution in [3.05, 3.63) is 59.1 Å². The second-order valence-electron chi connectivity index (χ2n) is 5.59. The smallest absolute Gasteiger partial charge is 0.324 e. The lowest BCUT2D eigenvalue weighted by Gasteiger charge is -2.11. The second-order valence-corrected chi connectivity index (χ2v) is 7.71. The van der Waals surface area contributed by atoms with Gasteiger partial charge >= 0.3 is 5.97 Å². The third-order valence-electron chi connectivity index (χ3n) is 3.77. The minimum atomic E-state index is -3.87. The van der Waals surface area contributed by atoms with Crippen LogP contribution in [0.2, 0.25) is 5.02 Å². The molecule has 9 heteroatoms. The number of nitrogens with one attached hydrogen (secondary N) is 2. The van der Waals surface area contributed by atoms with E-state index in [0.29, 0.717) is 22.7 Å². The molecule has 26 heavy (non-hydrogen) atoms. The summed E-state index contributed by atoms with van der Waals surface area (Å²) in [4.78, 5) is 23.6. The summed E-state index contributed by atoms with van der Waals surface area (Å²) < 4.78 is 31.7. The molecule has 0 aromatic heterocycles. The van der Waals surface area contributed by atoms with Gasteiger partial charge in [0.1, 0.15) is 6.04 Å². The van der Waals surface area contributed by atoms with Crippen LogP contribution in [0.3, 0.4) is 0 Å². The molecule has 0 unspecified atom stereocenters. The number of benzene rings is 2. The maximum Gasteiger partial charge on any atom is 0.324 e. The van der Waals surface area contributed by atoms with Gasteiger partial charge < -0.3 is 10.1 Å². The topological polar surface area (TPSA) is 102 Å². The lowest BCUT2D eigenvalue weighted by atomic mass is 10.2. The summed E-state index contributed by atoms with van der Waals surface area (Å²) in [6.07, 6.45) is 0.296. The molecule has 1 fully saturated rings. The van der Waals surface area contributed by atoms with E-state index in [1.807, 2.05) is 0 Å². The molecule has 1 atom stereocenters.